The van der Waals surface area contributed by atoms with Crippen LogP contribution in [-0.2, 0) is 9.59 Å². The van der Waals surface area contributed by atoms with Crippen LogP contribution in [0.2, 0.25) is 0 Å². The first-order valence-electron chi connectivity index (χ1n) is 9.67. The number of carbonyl (C=O) groups excluding carboxylic acids is 3. The number of ether oxygens (including phenoxy) is 2. The Kier molecular flexibility index (Phi) is 6.25. The average Bonchev–Trinajstić information content (AvgIpc) is 2.93. The second-order valence-corrected chi connectivity index (χ2v) is 6.94. The molecule has 0 aromatic heterocycles. The minimum atomic E-state index is -0.682. The molecule has 0 aliphatic carbocycles. The number of nitrogens with zero attached hydrogens (tertiary/aromatic N) is 2. The molecule has 158 valence electrons. The van der Waals surface area contributed by atoms with Crippen LogP contribution in [-0.4, -0.2) is 49.0 Å². The number of aryl methyl sites for hydroxylation is 1. The molecule has 2 aromatic rings. The van der Waals surface area contributed by atoms with Gasteiger partial charge in [0, 0.05) is 17.4 Å². The third-order valence-corrected chi connectivity index (χ3v) is 4.81. The van der Waals surface area contributed by atoms with Gasteiger partial charge in [0.15, 0.2) is 11.5 Å². The van der Waals surface area contributed by atoms with Gasteiger partial charge in [-0.3, -0.25) is 19.4 Å². The molecule has 4 amide bonds. The predicted molar refractivity (Wildman–Crippen MR) is 113 cm³/mol. The number of rotatable bonds is 7. The summed E-state index contributed by atoms with van der Waals surface area (Å²) in [7, 11) is 1.51. The SMILES string of the molecule is CCOc1ccc(NC(=O)CN2C(=O)[C@H](C)N(c3ccc(C)cc3)C2=O)cc1OC. The van der Waals surface area contributed by atoms with Crippen molar-refractivity contribution < 1.29 is 23.9 Å². The Balaban J connectivity index is 1.71. The Bertz CT molecular complexity index is 958. The van der Waals surface area contributed by atoms with Crippen LogP contribution < -0.4 is 19.7 Å². The van der Waals surface area contributed by atoms with E-state index in [-0.39, 0.29) is 6.54 Å². The van der Waals surface area contributed by atoms with Crippen LogP contribution in [0.3, 0.4) is 0 Å². The summed E-state index contributed by atoms with van der Waals surface area (Å²) in [6, 6.07) is 11.1. The highest BCUT2D eigenvalue weighted by atomic mass is 16.5. The van der Waals surface area contributed by atoms with Crippen molar-refractivity contribution in [3.05, 3.63) is 48.0 Å². The highest BCUT2D eigenvalue weighted by molar-refractivity contribution is 6.16. The zero-order valence-electron chi connectivity index (χ0n) is 17.5. The lowest BCUT2D eigenvalue weighted by Crippen LogP contribution is -2.39. The number of methoxy groups -OCH3 is 1. The highest BCUT2D eigenvalue weighted by Gasteiger charge is 2.44. The second-order valence-electron chi connectivity index (χ2n) is 6.94. The van der Waals surface area contributed by atoms with Crippen molar-refractivity contribution >= 4 is 29.2 Å². The van der Waals surface area contributed by atoms with E-state index in [4.69, 9.17) is 9.47 Å². The Morgan fingerprint density at radius 1 is 1.10 bits per heavy atom. The van der Waals surface area contributed by atoms with Gasteiger partial charge in [-0.2, -0.15) is 0 Å². The van der Waals surface area contributed by atoms with Gasteiger partial charge < -0.3 is 14.8 Å². The van der Waals surface area contributed by atoms with Crippen molar-refractivity contribution in [2.24, 2.45) is 0 Å². The second kappa shape index (κ2) is 8.86. The Hall–Kier alpha value is -3.55. The van der Waals surface area contributed by atoms with Crippen LogP contribution in [0.1, 0.15) is 19.4 Å². The molecule has 0 radical (unpaired) electrons. The molecule has 0 saturated carbocycles. The molecule has 0 bridgehead atoms. The van der Waals surface area contributed by atoms with Gasteiger partial charge in [0.1, 0.15) is 12.6 Å². The van der Waals surface area contributed by atoms with Gasteiger partial charge in [-0.05, 0) is 45.0 Å². The number of hydrogen-bond donors (Lipinski definition) is 1. The molecule has 1 atom stereocenters. The highest BCUT2D eigenvalue weighted by Crippen LogP contribution is 2.30. The number of imide groups is 1. The van der Waals surface area contributed by atoms with Gasteiger partial charge in [0.2, 0.25) is 5.91 Å². The van der Waals surface area contributed by atoms with E-state index in [1.54, 1.807) is 37.3 Å². The summed E-state index contributed by atoms with van der Waals surface area (Å²) >= 11 is 0. The van der Waals surface area contributed by atoms with Crippen LogP contribution in [0.4, 0.5) is 16.2 Å². The Morgan fingerprint density at radius 3 is 2.43 bits per heavy atom. The third kappa shape index (κ3) is 4.22. The van der Waals surface area contributed by atoms with Crippen LogP contribution in [0.25, 0.3) is 0 Å². The summed E-state index contributed by atoms with van der Waals surface area (Å²) in [6.07, 6.45) is 0. The number of anilines is 2. The van der Waals surface area contributed by atoms with Crippen LogP contribution in [0.5, 0.6) is 11.5 Å². The van der Waals surface area contributed by atoms with E-state index in [0.29, 0.717) is 29.5 Å². The van der Waals surface area contributed by atoms with E-state index < -0.39 is 23.9 Å². The lowest BCUT2D eigenvalue weighted by molar-refractivity contribution is -0.130. The molecule has 1 aliphatic rings. The molecule has 1 saturated heterocycles. The fourth-order valence-corrected chi connectivity index (χ4v) is 3.28. The first-order chi connectivity index (χ1) is 14.3. The number of amides is 4. The van der Waals surface area contributed by atoms with Crippen molar-refractivity contribution in [1.29, 1.82) is 0 Å². The van der Waals surface area contributed by atoms with Gasteiger partial charge in [-0.25, -0.2) is 4.79 Å². The molecular formula is C22H25N3O5. The first kappa shape index (κ1) is 21.2. The topological polar surface area (TPSA) is 88.2 Å². The normalized spacial score (nSPS) is 16.1. The van der Waals surface area contributed by atoms with Crippen LogP contribution in [0.15, 0.2) is 42.5 Å². The van der Waals surface area contributed by atoms with Crippen LogP contribution >= 0.6 is 0 Å². The quantitative estimate of drug-likeness (QED) is 0.707. The first-order valence-corrected chi connectivity index (χ1v) is 9.67. The van der Waals surface area contributed by atoms with E-state index in [9.17, 15) is 14.4 Å². The molecule has 2 aromatic carbocycles. The fourth-order valence-electron chi connectivity index (χ4n) is 3.28. The zero-order valence-corrected chi connectivity index (χ0v) is 17.5. The maximum Gasteiger partial charge on any atom is 0.332 e. The monoisotopic (exact) mass is 411 g/mol. The van der Waals surface area contributed by atoms with Crippen molar-refractivity contribution in [3.63, 3.8) is 0 Å². The lowest BCUT2D eigenvalue weighted by Gasteiger charge is -2.19. The molecule has 30 heavy (non-hydrogen) atoms. The van der Waals surface area contributed by atoms with E-state index in [2.05, 4.69) is 5.32 Å². The van der Waals surface area contributed by atoms with Gasteiger partial charge in [-0.1, -0.05) is 17.7 Å². The van der Waals surface area contributed by atoms with E-state index in [0.717, 1.165) is 10.5 Å². The van der Waals surface area contributed by atoms with Crippen LogP contribution in [0, 0.1) is 6.92 Å². The number of nitrogens with one attached hydrogen (secondary N) is 1. The average molecular weight is 411 g/mol. The summed E-state index contributed by atoms with van der Waals surface area (Å²) in [4.78, 5) is 40.3. The molecule has 1 fully saturated rings. The van der Waals surface area contributed by atoms with Gasteiger partial charge in [0.25, 0.3) is 5.91 Å². The minimum absolute atomic E-state index is 0.375. The zero-order chi connectivity index (χ0) is 21.8. The van der Waals surface area contributed by atoms with Gasteiger partial charge >= 0.3 is 6.03 Å². The summed E-state index contributed by atoms with van der Waals surface area (Å²) in [5.41, 5.74) is 2.14. The molecule has 0 unspecified atom stereocenters. The Labute approximate surface area is 175 Å². The lowest BCUT2D eigenvalue weighted by atomic mass is 10.2. The summed E-state index contributed by atoms with van der Waals surface area (Å²) in [5.74, 6) is 0.133. The molecule has 3 rings (SSSR count). The van der Waals surface area contributed by atoms with E-state index >= 15 is 0 Å². The molecule has 8 nitrogen and oxygen atoms in total. The molecule has 0 spiro atoms. The predicted octanol–water partition coefficient (Wildman–Crippen LogP) is 3.20. The standard InChI is InChI=1S/C22H25N3O5/c1-5-30-18-11-8-16(12-19(18)29-4)23-20(26)13-24-21(27)15(3)25(22(24)28)17-9-6-14(2)7-10-17/h6-12,15H,5,13H2,1-4H3,(H,23,26)/t15-/m0/s1. The summed E-state index contributed by atoms with van der Waals surface area (Å²) < 4.78 is 10.7. The van der Waals surface area contributed by atoms with Crippen molar-refractivity contribution in [2.45, 2.75) is 26.8 Å². The number of urea groups is 1. The number of hydrogen-bond acceptors (Lipinski definition) is 5. The largest absolute Gasteiger partial charge is 0.493 e. The molecule has 1 N–H and O–H groups in total. The molecule has 1 heterocycles. The third-order valence-electron chi connectivity index (χ3n) is 4.81. The summed E-state index contributed by atoms with van der Waals surface area (Å²) in [5, 5.41) is 2.69. The minimum Gasteiger partial charge on any atom is -0.493 e. The molecule has 1 aliphatic heterocycles. The molecular weight excluding hydrogens is 386 g/mol. The van der Waals surface area contributed by atoms with Crippen molar-refractivity contribution in [2.75, 3.05) is 30.5 Å². The molecule has 8 heteroatoms. The fraction of sp³-hybridized carbons (Fsp3) is 0.318. The van der Waals surface area contributed by atoms with E-state index in [1.807, 2.05) is 26.0 Å². The maximum atomic E-state index is 12.8. The smallest absolute Gasteiger partial charge is 0.332 e. The maximum absolute atomic E-state index is 12.8. The summed E-state index contributed by atoms with van der Waals surface area (Å²) in [6.45, 7) is 5.56. The van der Waals surface area contributed by atoms with E-state index in [1.165, 1.54) is 12.0 Å². The number of carbonyl (C=O) groups is 3. The number of benzene rings is 2. The Morgan fingerprint density at radius 2 is 1.80 bits per heavy atom. The van der Waals surface area contributed by atoms with Crippen molar-refractivity contribution in [1.82, 2.24) is 4.90 Å². The van der Waals surface area contributed by atoms with Gasteiger partial charge in [-0.15, -0.1) is 0 Å². The van der Waals surface area contributed by atoms with Gasteiger partial charge in [0.05, 0.1) is 13.7 Å². The van der Waals surface area contributed by atoms with Crippen molar-refractivity contribution in [3.8, 4) is 11.5 Å².